The van der Waals surface area contributed by atoms with Crippen LogP contribution in [0.3, 0.4) is 0 Å². The van der Waals surface area contributed by atoms with E-state index in [-0.39, 0.29) is 0 Å². The van der Waals surface area contributed by atoms with Gasteiger partial charge in [0.25, 0.3) is 0 Å². The Morgan fingerprint density at radius 2 is 1.90 bits per heavy atom. The van der Waals surface area contributed by atoms with Crippen LogP contribution in [0.1, 0.15) is 44.9 Å². The summed E-state index contributed by atoms with van der Waals surface area (Å²) in [5, 5.41) is 3.44. The molecule has 20 heavy (non-hydrogen) atoms. The summed E-state index contributed by atoms with van der Waals surface area (Å²) >= 11 is 0. The first kappa shape index (κ1) is 16.9. The Kier molecular flexibility index (Phi) is 6.96. The van der Waals surface area contributed by atoms with Gasteiger partial charge in [-0.25, -0.2) is 4.98 Å². The van der Waals surface area contributed by atoms with E-state index in [9.17, 15) is 0 Å². The lowest BCUT2D eigenvalue weighted by Gasteiger charge is -2.15. The predicted octanol–water partition coefficient (Wildman–Crippen LogP) is 2.64. The molecule has 1 aromatic heterocycles. The maximum atomic E-state index is 5.77. The van der Waals surface area contributed by atoms with Gasteiger partial charge in [-0.15, -0.1) is 0 Å². The zero-order valence-electron chi connectivity index (χ0n) is 13.7. The molecule has 0 amide bonds. The van der Waals surface area contributed by atoms with Gasteiger partial charge in [-0.2, -0.15) is 0 Å². The van der Waals surface area contributed by atoms with E-state index in [2.05, 4.69) is 49.0 Å². The fraction of sp³-hybridized carbons (Fsp3) is 0.688. The van der Waals surface area contributed by atoms with Gasteiger partial charge in [0, 0.05) is 30.9 Å². The minimum atomic E-state index is 0.408. The highest BCUT2D eigenvalue weighted by atomic mass is 16.5. The van der Waals surface area contributed by atoms with Gasteiger partial charge < -0.3 is 15.0 Å². The number of nitrogens with one attached hydrogen (secondary N) is 1. The Labute approximate surface area is 123 Å². The first-order valence-electron chi connectivity index (χ1n) is 7.40. The first-order chi connectivity index (χ1) is 9.38. The second-order valence-corrected chi connectivity index (χ2v) is 6.08. The number of likely N-dealkylation sites (N-methyl/N-ethyl adjacent to an activating group) is 1. The maximum absolute atomic E-state index is 5.77. The predicted molar refractivity (Wildman–Crippen MR) is 84.4 cm³/mol. The molecular formula is C16H29N3O. The fourth-order valence-corrected chi connectivity index (χ4v) is 1.71. The van der Waals surface area contributed by atoms with Gasteiger partial charge >= 0.3 is 0 Å². The molecular weight excluding hydrogens is 250 g/mol. The molecule has 0 atom stereocenters. The molecule has 4 nitrogen and oxygen atoms in total. The van der Waals surface area contributed by atoms with E-state index >= 15 is 0 Å². The second-order valence-electron chi connectivity index (χ2n) is 6.08. The number of rotatable bonds is 8. The normalized spacial score (nSPS) is 11.7. The lowest BCUT2D eigenvalue weighted by atomic mass is 10.1. The minimum Gasteiger partial charge on any atom is -0.476 e. The van der Waals surface area contributed by atoms with Gasteiger partial charge in [0.2, 0.25) is 5.88 Å². The van der Waals surface area contributed by atoms with Gasteiger partial charge in [0.1, 0.15) is 6.61 Å². The van der Waals surface area contributed by atoms with E-state index in [1.807, 2.05) is 20.2 Å². The molecule has 0 saturated carbocycles. The Hall–Kier alpha value is -1.13. The van der Waals surface area contributed by atoms with E-state index in [1.165, 1.54) is 5.56 Å². The van der Waals surface area contributed by atoms with Crippen molar-refractivity contribution in [3.8, 4) is 5.88 Å². The first-order valence-corrected chi connectivity index (χ1v) is 7.40. The Morgan fingerprint density at radius 3 is 2.45 bits per heavy atom. The minimum absolute atomic E-state index is 0.408. The van der Waals surface area contributed by atoms with E-state index in [4.69, 9.17) is 4.74 Å². The third-order valence-electron chi connectivity index (χ3n) is 2.98. The van der Waals surface area contributed by atoms with E-state index in [0.29, 0.717) is 18.6 Å². The molecule has 114 valence electrons. The van der Waals surface area contributed by atoms with Crippen molar-refractivity contribution in [2.75, 3.05) is 27.2 Å². The van der Waals surface area contributed by atoms with Gasteiger partial charge in [0.05, 0.1) is 0 Å². The number of ether oxygens (including phenoxy) is 1. The molecule has 0 aromatic carbocycles. The van der Waals surface area contributed by atoms with Crippen LogP contribution in [0.2, 0.25) is 0 Å². The number of hydrogen-bond acceptors (Lipinski definition) is 4. The van der Waals surface area contributed by atoms with E-state index < -0.39 is 0 Å². The van der Waals surface area contributed by atoms with Gasteiger partial charge in [0.15, 0.2) is 0 Å². The Morgan fingerprint density at radius 1 is 1.20 bits per heavy atom. The summed E-state index contributed by atoms with van der Waals surface area (Å²) in [4.78, 5) is 6.69. The van der Waals surface area contributed by atoms with E-state index in [1.54, 1.807) is 0 Å². The molecule has 0 bridgehead atoms. The van der Waals surface area contributed by atoms with Crippen molar-refractivity contribution in [1.82, 2.24) is 15.2 Å². The molecule has 4 heteroatoms. The molecule has 0 saturated heterocycles. The van der Waals surface area contributed by atoms with Crippen molar-refractivity contribution in [3.05, 3.63) is 23.4 Å². The zero-order chi connectivity index (χ0) is 15.1. The smallest absolute Gasteiger partial charge is 0.213 e. The van der Waals surface area contributed by atoms with Crippen LogP contribution < -0.4 is 10.1 Å². The quantitative estimate of drug-likeness (QED) is 0.794. The number of pyridine rings is 1. The average Bonchev–Trinajstić information content (AvgIpc) is 2.35. The summed E-state index contributed by atoms with van der Waals surface area (Å²) in [5.41, 5.74) is 2.32. The van der Waals surface area contributed by atoms with E-state index in [0.717, 1.165) is 24.7 Å². The van der Waals surface area contributed by atoms with Crippen molar-refractivity contribution in [2.45, 2.75) is 46.2 Å². The molecule has 0 fully saturated rings. The highest BCUT2D eigenvalue weighted by Crippen LogP contribution is 2.19. The standard InChI is InChI=1S/C16H29N3O/c1-12(2)15-9-14(11-17-13(3)4)10-16(18-15)20-8-7-19(5)6/h9-10,12-13,17H,7-8,11H2,1-6H3. The molecule has 1 rings (SSSR count). The van der Waals surface area contributed by atoms with Crippen LogP contribution in [-0.4, -0.2) is 43.2 Å². The van der Waals surface area contributed by atoms with Crippen molar-refractivity contribution in [3.63, 3.8) is 0 Å². The molecule has 0 spiro atoms. The third kappa shape index (κ3) is 6.35. The molecule has 0 aliphatic rings. The molecule has 0 aliphatic heterocycles. The van der Waals surface area contributed by atoms with Crippen molar-refractivity contribution >= 4 is 0 Å². The summed E-state index contributed by atoms with van der Waals surface area (Å²) in [6, 6.07) is 4.68. The summed E-state index contributed by atoms with van der Waals surface area (Å²) < 4.78 is 5.77. The summed E-state index contributed by atoms with van der Waals surface area (Å²) in [6.45, 7) is 11.0. The van der Waals surface area contributed by atoms with Gasteiger partial charge in [-0.05, 0) is 31.6 Å². The van der Waals surface area contributed by atoms with Crippen molar-refractivity contribution < 1.29 is 4.74 Å². The highest BCUT2D eigenvalue weighted by Gasteiger charge is 2.08. The SMILES string of the molecule is CC(C)NCc1cc(OCCN(C)C)nc(C(C)C)c1. The van der Waals surface area contributed by atoms with Crippen LogP contribution in [0.5, 0.6) is 5.88 Å². The maximum Gasteiger partial charge on any atom is 0.213 e. The van der Waals surface area contributed by atoms with Crippen LogP contribution in [-0.2, 0) is 6.54 Å². The van der Waals surface area contributed by atoms with Crippen LogP contribution in [0.25, 0.3) is 0 Å². The molecule has 0 aliphatic carbocycles. The van der Waals surface area contributed by atoms with Crippen LogP contribution in [0.15, 0.2) is 12.1 Å². The second kappa shape index (κ2) is 8.22. The lowest BCUT2D eigenvalue weighted by Crippen LogP contribution is -2.22. The largest absolute Gasteiger partial charge is 0.476 e. The number of hydrogen-bond donors (Lipinski definition) is 1. The zero-order valence-corrected chi connectivity index (χ0v) is 13.7. The molecule has 1 aromatic rings. The van der Waals surface area contributed by atoms with Crippen LogP contribution in [0, 0.1) is 0 Å². The Bertz CT molecular complexity index is 403. The summed E-state index contributed by atoms with van der Waals surface area (Å²) in [6.07, 6.45) is 0. The average molecular weight is 279 g/mol. The molecule has 0 unspecified atom stereocenters. The van der Waals surface area contributed by atoms with Gasteiger partial charge in [-0.1, -0.05) is 27.7 Å². The fourth-order valence-electron chi connectivity index (χ4n) is 1.71. The topological polar surface area (TPSA) is 37.4 Å². The lowest BCUT2D eigenvalue weighted by molar-refractivity contribution is 0.253. The number of aromatic nitrogens is 1. The number of nitrogens with zero attached hydrogens (tertiary/aromatic N) is 2. The van der Waals surface area contributed by atoms with Crippen molar-refractivity contribution in [1.29, 1.82) is 0 Å². The van der Waals surface area contributed by atoms with Crippen molar-refractivity contribution in [2.24, 2.45) is 0 Å². The van der Waals surface area contributed by atoms with Gasteiger partial charge in [-0.3, -0.25) is 0 Å². The summed E-state index contributed by atoms with van der Waals surface area (Å²) in [7, 11) is 4.08. The van der Waals surface area contributed by atoms with Crippen LogP contribution in [0.4, 0.5) is 0 Å². The molecule has 1 heterocycles. The summed E-state index contributed by atoms with van der Waals surface area (Å²) in [5.74, 6) is 1.14. The van der Waals surface area contributed by atoms with Crippen LogP contribution >= 0.6 is 0 Å². The monoisotopic (exact) mass is 279 g/mol. The molecule has 0 radical (unpaired) electrons. The molecule has 1 N–H and O–H groups in total. The Balaban J connectivity index is 2.76. The highest BCUT2D eigenvalue weighted by molar-refractivity contribution is 5.26. The third-order valence-corrected chi connectivity index (χ3v) is 2.98.